The lowest BCUT2D eigenvalue weighted by Gasteiger charge is -2.45. The van der Waals surface area contributed by atoms with Crippen molar-refractivity contribution in [2.24, 2.45) is 5.92 Å². The van der Waals surface area contributed by atoms with E-state index < -0.39 is 11.9 Å². The Kier molecular flexibility index (Phi) is 9.59. The van der Waals surface area contributed by atoms with E-state index in [4.69, 9.17) is 4.74 Å². The molecule has 9 nitrogen and oxygen atoms in total. The summed E-state index contributed by atoms with van der Waals surface area (Å²) >= 11 is 0. The van der Waals surface area contributed by atoms with Gasteiger partial charge in [-0.2, -0.15) is 0 Å². The standard InChI is InChI=1S/C34H37FN6O3/c1-22(2)34(43)41-24(4)19-40(20-27-28(35)7-5-8-30(27)44-31-17-23(3)13-16-36-31)21-29(41)33(42)39-18-25-9-11-26(12-10-25)32-37-14-6-15-38-32/h5-17,22,24,29H,18-21H2,1-4H3,(H,39,42)/t24-,29-/m1/s1. The van der Waals surface area contributed by atoms with Crippen molar-refractivity contribution in [3.05, 3.63) is 102 Å². The minimum Gasteiger partial charge on any atom is -0.439 e. The number of aryl methyl sites for hydroxylation is 1. The predicted octanol–water partition coefficient (Wildman–Crippen LogP) is 5.15. The average Bonchev–Trinajstić information content (AvgIpc) is 3.01. The number of hydrogen-bond donors (Lipinski definition) is 1. The SMILES string of the molecule is Cc1ccnc(Oc2cccc(F)c2CN2C[C@@H](C)N(C(=O)C(C)C)[C@@H](C(=O)NCc3ccc(-c4ncccn4)cc3)C2)c1. The number of halogens is 1. The van der Waals surface area contributed by atoms with E-state index in [1.165, 1.54) is 6.07 Å². The van der Waals surface area contributed by atoms with Crippen molar-refractivity contribution in [1.29, 1.82) is 0 Å². The number of pyridine rings is 1. The van der Waals surface area contributed by atoms with E-state index in [1.54, 1.807) is 47.8 Å². The monoisotopic (exact) mass is 596 g/mol. The van der Waals surface area contributed by atoms with Gasteiger partial charge in [0, 0.05) is 73.9 Å². The Balaban J connectivity index is 1.32. The van der Waals surface area contributed by atoms with Crippen molar-refractivity contribution in [2.45, 2.75) is 52.9 Å². The maximum atomic E-state index is 15.2. The van der Waals surface area contributed by atoms with Gasteiger partial charge in [-0.15, -0.1) is 0 Å². The summed E-state index contributed by atoms with van der Waals surface area (Å²) in [7, 11) is 0. The second kappa shape index (κ2) is 13.7. The quantitative estimate of drug-likeness (QED) is 0.285. The van der Waals surface area contributed by atoms with Gasteiger partial charge in [0.15, 0.2) is 5.82 Å². The van der Waals surface area contributed by atoms with Gasteiger partial charge < -0.3 is 15.0 Å². The molecule has 0 spiro atoms. The molecule has 0 aliphatic carbocycles. The molecular weight excluding hydrogens is 559 g/mol. The van der Waals surface area contributed by atoms with Crippen LogP contribution in [0.25, 0.3) is 11.4 Å². The molecule has 2 atom stereocenters. The molecule has 5 rings (SSSR count). The van der Waals surface area contributed by atoms with Gasteiger partial charge in [-0.1, -0.05) is 44.2 Å². The molecule has 44 heavy (non-hydrogen) atoms. The maximum absolute atomic E-state index is 15.2. The molecule has 1 aliphatic heterocycles. The zero-order valence-corrected chi connectivity index (χ0v) is 25.4. The third-order valence-electron chi connectivity index (χ3n) is 7.62. The first-order valence-electron chi connectivity index (χ1n) is 14.8. The number of hydrogen-bond acceptors (Lipinski definition) is 7. The molecule has 1 saturated heterocycles. The first-order chi connectivity index (χ1) is 21.2. The van der Waals surface area contributed by atoms with Crippen molar-refractivity contribution >= 4 is 11.8 Å². The van der Waals surface area contributed by atoms with Crippen LogP contribution in [0, 0.1) is 18.7 Å². The summed E-state index contributed by atoms with van der Waals surface area (Å²) in [6.45, 7) is 8.73. The van der Waals surface area contributed by atoms with Crippen LogP contribution in [0.1, 0.15) is 37.5 Å². The molecule has 2 aromatic heterocycles. The molecule has 2 amide bonds. The second-order valence-corrected chi connectivity index (χ2v) is 11.4. The first kappa shape index (κ1) is 30.7. The molecule has 0 unspecified atom stereocenters. The maximum Gasteiger partial charge on any atom is 0.244 e. The van der Waals surface area contributed by atoms with Gasteiger partial charge in [0.05, 0.1) is 0 Å². The Bertz CT molecular complexity index is 1600. The molecule has 0 bridgehead atoms. The van der Waals surface area contributed by atoms with Gasteiger partial charge in [0.1, 0.15) is 17.6 Å². The highest BCUT2D eigenvalue weighted by molar-refractivity contribution is 5.89. The summed E-state index contributed by atoms with van der Waals surface area (Å²) in [5, 5.41) is 3.02. The molecule has 0 radical (unpaired) electrons. The Morgan fingerprint density at radius 3 is 2.45 bits per heavy atom. The lowest BCUT2D eigenvalue weighted by molar-refractivity contribution is -0.150. The molecule has 3 heterocycles. The normalized spacial score (nSPS) is 17.0. The summed E-state index contributed by atoms with van der Waals surface area (Å²) < 4.78 is 21.2. The van der Waals surface area contributed by atoms with Gasteiger partial charge in [-0.25, -0.2) is 19.3 Å². The van der Waals surface area contributed by atoms with E-state index in [-0.39, 0.29) is 43.4 Å². The number of carbonyl (C=O) groups is 2. The molecule has 4 aromatic rings. The van der Waals surface area contributed by atoms with Crippen LogP contribution in [-0.2, 0) is 22.7 Å². The Hall–Kier alpha value is -4.70. The summed E-state index contributed by atoms with van der Waals surface area (Å²) in [6, 6.07) is 16.8. The fourth-order valence-electron chi connectivity index (χ4n) is 5.40. The predicted molar refractivity (Wildman–Crippen MR) is 165 cm³/mol. The van der Waals surface area contributed by atoms with E-state index in [9.17, 15) is 9.59 Å². The summed E-state index contributed by atoms with van der Waals surface area (Å²) in [5.74, 6) is 0.320. The summed E-state index contributed by atoms with van der Waals surface area (Å²) in [6.07, 6.45) is 5.03. The van der Waals surface area contributed by atoms with Crippen LogP contribution in [0.5, 0.6) is 11.6 Å². The molecule has 228 valence electrons. The van der Waals surface area contributed by atoms with E-state index in [2.05, 4.69) is 20.3 Å². The van der Waals surface area contributed by atoms with Crippen molar-refractivity contribution in [2.75, 3.05) is 13.1 Å². The van der Waals surface area contributed by atoms with Crippen LogP contribution in [0.3, 0.4) is 0 Å². The summed E-state index contributed by atoms with van der Waals surface area (Å²) in [4.78, 5) is 43.5. The van der Waals surface area contributed by atoms with E-state index >= 15 is 4.39 Å². The van der Waals surface area contributed by atoms with E-state index in [0.29, 0.717) is 29.6 Å². The smallest absolute Gasteiger partial charge is 0.244 e. The van der Waals surface area contributed by atoms with Gasteiger partial charge in [0.2, 0.25) is 17.7 Å². The largest absolute Gasteiger partial charge is 0.439 e. The molecule has 0 saturated carbocycles. The molecule has 1 N–H and O–H groups in total. The van der Waals surface area contributed by atoms with Crippen LogP contribution in [0.2, 0.25) is 0 Å². The number of piperazine rings is 1. The van der Waals surface area contributed by atoms with Gasteiger partial charge in [-0.3, -0.25) is 14.5 Å². The number of benzene rings is 2. The summed E-state index contributed by atoms with van der Waals surface area (Å²) in [5.41, 5.74) is 3.12. The number of ether oxygens (including phenoxy) is 1. The molecule has 2 aromatic carbocycles. The van der Waals surface area contributed by atoms with E-state index in [1.807, 2.05) is 62.9 Å². The number of amides is 2. The topological polar surface area (TPSA) is 101 Å². The fourth-order valence-corrected chi connectivity index (χ4v) is 5.40. The molecule has 1 fully saturated rings. The number of aromatic nitrogens is 3. The Labute approximate surface area is 257 Å². The fraction of sp³-hybridized carbons (Fsp3) is 0.324. The number of rotatable bonds is 9. The second-order valence-electron chi connectivity index (χ2n) is 11.4. The third-order valence-corrected chi connectivity index (χ3v) is 7.62. The first-order valence-corrected chi connectivity index (χ1v) is 14.8. The van der Waals surface area contributed by atoms with Gasteiger partial charge in [0.25, 0.3) is 0 Å². The molecular formula is C34H37FN6O3. The van der Waals surface area contributed by atoms with Crippen LogP contribution in [0.15, 0.2) is 79.3 Å². The lowest BCUT2D eigenvalue weighted by Crippen LogP contribution is -2.64. The van der Waals surface area contributed by atoms with Crippen LogP contribution in [-0.4, -0.2) is 61.7 Å². The zero-order chi connectivity index (χ0) is 31.2. The lowest BCUT2D eigenvalue weighted by atomic mass is 10.0. The Morgan fingerprint density at radius 1 is 1.00 bits per heavy atom. The van der Waals surface area contributed by atoms with Crippen LogP contribution >= 0.6 is 0 Å². The highest BCUT2D eigenvalue weighted by atomic mass is 19.1. The minimum absolute atomic E-state index is 0.0926. The number of nitrogens with zero attached hydrogens (tertiary/aromatic N) is 5. The highest BCUT2D eigenvalue weighted by Gasteiger charge is 2.40. The average molecular weight is 597 g/mol. The van der Waals surface area contributed by atoms with Crippen LogP contribution in [0.4, 0.5) is 4.39 Å². The number of nitrogens with one attached hydrogen (secondary N) is 1. The zero-order valence-electron chi connectivity index (χ0n) is 25.4. The Morgan fingerprint density at radius 2 is 1.75 bits per heavy atom. The third kappa shape index (κ3) is 7.26. The minimum atomic E-state index is -0.750. The molecule has 1 aliphatic rings. The highest BCUT2D eigenvalue weighted by Crippen LogP contribution is 2.30. The van der Waals surface area contributed by atoms with Crippen molar-refractivity contribution in [1.82, 2.24) is 30.1 Å². The van der Waals surface area contributed by atoms with Crippen molar-refractivity contribution < 1.29 is 18.7 Å². The number of carbonyl (C=O) groups excluding carboxylic acids is 2. The van der Waals surface area contributed by atoms with Gasteiger partial charge in [-0.05, 0) is 49.2 Å². The van der Waals surface area contributed by atoms with Gasteiger partial charge >= 0.3 is 0 Å². The van der Waals surface area contributed by atoms with E-state index in [0.717, 1.165) is 16.7 Å². The molecule has 10 heteroatoms. The van der Waals surface area contributed by atoms with Crippen LogP contribution < -0.4 is 10.1 Å². The van der Waals surface area contributed by atoms with Crippen molar-refractivity contribution in [3.63, 3.8) is 0 Å². The van der Waals surface area contributed by atoms with Crippen molar-refractivity contribution in [3.8, 4) is 23.0 Å².